The number of fused-ring (bicyclic) bond motifs is 2. The molecule has 0 saturated heterocycles. The van der Waals surface area contributed by atoms with Crippen LogP contribution in [0.1, 0.15) is 12.0 Å². The standard InChI is InChI=1S/C15H13BrO4/c16-7-3-4-9-14(18)10(17)8-13-15(9)20-12-6-2-1-5-11(12)19-13/h1-2,5-6,8,17-18H,3-4,7H2. The third-order valence-electron chi connectivity index (χ3n) is 3.14. The summed E-state index contributed by atoms with van der Waals surface area (Å²) < 4.78 is 11.6. The Labute approximate surface area is 124 Å². The number of halogens is 1. The van der Waals surface area contributed by atoms with Crippen LogP contribution in [0.15, 0.2) is 30.3 Å². The predicted molar refractivity (Wildman–Crippen MR) is 78.5 cm³/mol. The van der Waals surface area contributed by atoms with E-state index in [9.17, 15) is 10.2 Å². The van der Waals surface area contributed by atoms with Crippen LogP contribution in [0.4, 0.5) is 0 Å². The van der Waals surface area contributed by atoms with Crippen LogP contribution in [0.5, 0.6) is 34.5 Å². The summed E-state index contributed by atoms with van der Waals surface area (Å²) in [6, 6.07) is 8.67. The summed E-state index contributed by atoms with van der Waals surface area (Å²) in [7, 11) is 0. The largest absolute Gasteiger partial charge is 0.504 e. The molecule has 20 heavy (non-hydrogen) atoms. The van der Waals surface area contributed by atoms with Gasteiger partial charge in [-0.25, -0.2) is 0 Å². The number of benzene rings is 2. The normalized spacial score (nSPS) is 12.1. The number of alkyl halides is 1. The fraction of sp³-hybridized carbons (Fsp3) is 0.200. The number of phenols is 2. The van der Waals surface area contributed by atoms with Crippen LogP contribution in [-0.4, -0.2) is 15.5 Å². The molecule has 1 aliphatic rings. The van der Waals surface area contributed by atoms with Crippen LogP contribution in [0.25, 0.3) is 0 Å². The number of phenolic OH excluding ortho intramolecular Hbond substituents is 2. The van der Waals surface area contributed by atoms with Gasteiger partial charge in [-0.1, -0.05) is 28.1 Å². The van der Waals surface area contributed by atoms with Gasteiger partial charge in [-0.2, -0.15) is 0 Å². The van der Waals surface area contributed by atoms with Gasteiger partial charge in [0, 0.05) is 17.0 Å². The minimum Gasteiger partial charge on any atom is -0.504 e. The molecule has 104 valence electrons. The van der Waals surface area contributed by atoms with Crippen LogP contribution >= 0.6 is 15.9 Å². The highest BCUT2D eigenvalue weighted by Gasteiger charge is 2.25. The second-order valence-corrected chi connectivity index (χ2v) is 5.29. The minimum atomic E-state index is -0.198. The third kappa shape index (κ3) is 2.18. The van der Waals surface area contributed by atoms with Gasteiger partial charge in [0.25, 0.3) is 0 Å². The highest BCUT2D eigenvalue weighted by molar-refractivity contribution is 9.09. The fourth-order valence-corrected chi connectivity index (χ4v) is 2.46. The van der Waals surface area contributed by atoms with Gasteiger partial charge in [0.1, 0.15) is 0 Å². The summed E-state index contributed by atoms with van der Waals surface area (Å²) in [5, 5.41) is 20.6. The molecule has 2 aromatic carbocycles. The van der Waals surface area contributed by atoms with Gasteiger partial charge in [0.15, 0.2) is 34.5 Å². The Balaban J connectivity index is 2.08. The fourth-order valence-electron chi connectivity index (χ4n) is 2.18. The van der Waals surface area contributed by atoms with Crippen LogP contribution in [0, 0.1) is 0 Å². The van der Waals surface area contributed by atoms with Crippen molar-refractivity contribution in [3.63, 3.8) is 0 Å². The topological polar surface area (TPSA) is 58.9 Å². The van der Waals surface area contributed by atoms with E-state index < -0.39 is 0 Å². The third-order valence-corrected chi connectivity index (χ3v) is 3.70. The molecule has 4 nitrogen and oxygen atoms in total. The molecule has 0 aromatic heterocycles. The Bertz CT molecular complexity index is 655. The lowest BCUT2D eigenvalue weighted by Crippen LogP contribution is -2.02. The van der Waals surface area contributed by atoms with Gasteiger partial charge in [0.05, 0.1) is 0 Å². The van der Waals surface area contributed by atoms with Gasteiger partial charge in [-0.15, -0.1) is 0 Å². The summed E-state index contributed by atoms with van der Waals surface area (Å²) in [6.45, 7) is 0. The molecule has 3 rings (SSSR count). The maximum atomic E-state index is 10.0. The van der Waals surface area contributed by atoms with Crippen LogP contribution in [-0.2, 0) is 6.42 Å². The van der Waals surface area contributed by atoms with Crippen molar-refractivity contribution in [1.82, 2.24) is 0 Å². The maximum Gasteiger partial charge on any atom is 0.177 e. The van der Waals surface area contributed by atoms with Gasteiger partial charge in [-0.3, -0.25) is 0 Å². The molecule has 0 spiro atoms. The van der Waals surface area contributed by atoms with E-state index in [0.717, 1.165) is 11.8 Å². The van der Waals surface area contributed by atoms with Gasteiger partial charge >= 0.3 is 0 Å². The van der Waals surface area contributed by atoms with E-state index in [2.05, 4.69) is 15.9 Å². The Morgan fingerprint density at radius 3 is 2.40 bits per heavy atom. The number of para-hydroxylation sites is 2. The van der Waals surface area contributed by atoms with Crippen molar-refractivity contribution in [3.8, 4) is 34.5 Å². The van der Waals surface area contributed by atoms with E-state index in [1.807, 2.05) is 12.1 Å². The van der Waals surface area contributed by atoms with E-state index in [0.29, 0.717) is 35.0 Å². The SMILES string of the molecule is Oc1cc2c(c(CCCBr)c1O)Oc1ccccc1O2. The van der Waals surface area contributed by atoms with Gasteiger partial charge in [0.2, 0.25) is 0 Å². The Morgan fingerprint density at radius 1 is 1.00 bits per heavy atom. The van der Waals surface area contributed by atoms with E-state index in [1.165, 1.54) is 6.07 Å². The monoisotopic (exact) mass is 336 g/mol. The lowest BCUT2D eigenvalue weighted by molar-refractivity contribution is 0.340. The number of hydrogen-bond acceptors (Lipinski definition) is 4. The molecular weight excluding hydrogens is 324 g/mol. The van der Waals surface area contributed by atoms with Crippen LogP contribution in [0.2, 0.25) is 0 Å². The highest BCUT2D eigenvalue weighted by Crippen LogP contribution is 2.52. The zero-order valence-electron chi connectivity index (χ0n) is 10.6. The molecule has 2 aromatic rings. The molecule has 0 amide bonds. The smallest absolute Gasteiger partial charge is 0.177 e. The summed E-state index contributed by atoms with van der Waals surface area (Å²) in [4.78, 5) is 0. The zero-order chi connectivity index (χ0) is 14.1. The van der Waals surface area contributed by atoms with E-state index >= 15 is 0 Å². The first-order valence-corrected chi connectivity index (χ1v) is 7.41. The second-order valence-electron chi connectivity index (χ2n) is 4.49. The molecular formula is C15H13BrO4. The molecule has 1 heterocycles. The lowest BCUT2D eigenvalue weighted by atomic mass is 10.1. The first-order chi connectivity index (χ1) is 9.70. The van der Waals surface area contributed by atoms with Crippen LogP contribution < -0.4 is 9.47 Å². The first-order valence-electron chi connectivity index (χ1n) is 6.29. The second kappa shape index (κ2) is 5.25. The minimum absolute atomic E-state index is 0.146. The van der Waals surface area contributed by atoms with Crippen molar-refractivity contribution < 1.29 is 19.7 Å². The Morgan fingerprint density at radius 2 is 1.70 bits per heavy atom. The average molecular weight is 337 g/mol. The van der Waals surface area contributed by atoms with Crippen molar-refractivity contribution in [1.29, 1.82) is 0 Å². The van der Waals surface area contributed by atoms with E-state index in [1.54, 1.807) is 12.1 Å². The van der Waals surface area contributed by atoms with Gasteiger partial charge < -0.3 is 19.7 Å². The molecule has 0 atom stereocenters. The molecule has 0 aliphatic carbocycles. The predicted octanol–water partition coefficient (Wildman–Crippen LogP) is 4.32. The summed E-state index contributed by atoms with van der Waals surface area (Å²) in [5.41, 5.74) is 0.564. The molecule has 0 saturated carbocycles. The van der Waals surface area contributed by atoms with Crippen molar-refractivity contribution in [2.24, 2.45) is 0 Å². The lowest BCUT2D eigenvalue weighted by Gasteiger charge is -2.23. The van der Waals surface area contributed by atoms with E-state index in [-0.39, 0.29) is 11.5 Å². The molecule has 0 bridgehead atoms. The molecule has 1 aliphatic heterocycles. The first kappa shape index (κ1) is 13.1. The summed E-state index contributed by atoms with van der Waals surface area (Å²) in [5.74, 6) is 1.74. The number of rotatable bonds is 3. The number of aromatic hydroxyl groups is 2. The maximum absolute atomic E-state index is 10.0. The number of ether oxygens (including phenoxy) is 2. The summed E-state index contributed by atoms with van der Waals surface area (Å²) >= 11 is 3.36. The van der Waals surface area contributed by atoms with Crippen molar-refractivity contribution in [2.75, 3.05) is 5.33 Å². The molecule has 0 radical (unpaired) electrons. The van der Waals surface area contributed by atoms with Crippen molar-refractivity contribution in [3.05, 3.63) is 35.9 Å². The van der Waals surface area contributed by atoms with Gasteiger partial charge in [-0.05, 0) is 25.0 Å². The van der Waals surface area contributed by atoms with Crippen LogP contribution in [0.3, 0.4) is 0 Å². The molecule has 0 fully saturated rings. The molecule has 5 heteroatoms. The van der Waals surface area contributed by atoms with Crippen molar-refractivity contribution >= 4 is 15.9 Å². The average Bonchev–Trinajstić information content (AvgIpc) is 2.46. The number of hydrogen-bond donors (Lipinski definition) is 2. The molecule has 0 unspecified atom stereocenters. The molecule has 2 N–H and O–H groups in total. The Hall–Kier alpha value is -1.88. The Kier molecular flexibility index (Phi) is 3.44. The zero-order valence-corrected chi connectivity index (χ0v) is 12.2. The van der Waals surface area contributed by atoms with Crippen molar-refractivity contribution in [2.45, 2.75) is 12.8 Å². The quantitative estimate of drug-likeness (QED) is 0.552. The van der Waals surface area contributed by atoms with E-state index in [4.69, 9.17) is 9.47 Å². The summed E-state index contributed by atoms with van der Waals surface area (Å²) in [6.07, 6.45) is 1.40. The highest BCUT2D eigenvalue weighted by atomic mass is 79.9.